The van der Waals surface area contributed by atoms with E-state index in [4.69, 9.17) is 0 Å². The summed E-state index contributed by atoms with van der Waals surface area (Å²) in [7, 11) is 2.17. The van der Waals surface area contributed by atoms with Crippen LogP contribution in [0, 0.1) is 5.92 Å². The minimum atomic E-state index is -0.0553. The van der Waals surface area contributed by atoms with E-state index in [1.54, 1.807) is 0 Å². The van der Waals surface area contributed by atoms with Gasteiger partial charge < -0.3 is 10.3 Å². The first-order valence-corrected chi connectivity index (χ1v) is 10.5. The number of nitrogens with zero attached hydrogens (tertiary/aromatic N) is 1. The lowest BCUT2D eigenvalue weighted by molar-refractivity contribution is -0.125. The van der Waals surface area contributed by atoms with Crippen LogP contribution in [0.5, 0.6) is 0 Å². The van der Waals surface area contributed by atoms with Crippen LogP contribution in [0.1, 0.15) is 49.7 Å². The molecule has 1 unspecified atom stereocenters. The van der Waals surface area contributed by atoms with E-state index >= 15 is 0 Å². The van der Waals surface area contributed by atoms with Gasteiger partial charge in [-0.05, 0) is 49.1 Å². The number of fused-ring (bicyclic) bond motifs is 2. The summed E-state index contributed by atoms with van der Waals surface area (Å²) in [5.74, 6) is 0.159. The molecule has 1 fully saturated rings. The Hall–Kier alpha value is -2.07. The summed E-state index contributed by atoms with van der Waals surface area (Å²) in [4.78, 5) is 18.8. The normalized spacial score (nSPS) is 26.3. The summed E-state index contributed by atoms with van der Waals surface area (Å²) >= 11 is 0. The van der Waals surface area contributed by atoms with Gasteiger partial charge >= 0.3 is 0 Å². The predicted molar refractivity (Wildman–Crippen MR) is 110 cm³/mol. The third kappa shape index (κ3) is 3.00. The van der Waals surface area contributed by atoms with Crippen molar-refractivity contribution in [3.63, 3.8) is 0 Å². The Labute approximate surface area is 161 Å². The molecule has 2 heterocycles. The van der Waals surface area contributed by atoms with Gasteiger partial charge in [-0.1, -0.05) is 43.9 Å². The molecule has 3 aliphatic rings. The number of H-pyrrole nitrogens is 1. The van der Waals surface area contributed by atoms with Crippen LogP contribution in [0.4, 0.5) is 0 Å². The third-order valence-electron chi connectivity index (χ3n) is 6.81. The lowest BCUT2D eigenvalue weighted by atomic mass is 9.79. The molecule has 0 saturated heterocycles. The van der Waals surface area contributed by atoms with Gasteiger partial charge in [-0.25, -0.2) is 0 Å². The van der Waals surface area contributed by atoms with Crippen molar-refractivity contribution in [2.24, 2.45) is 5.92 Å². The zero-order chi connectivity index (χ0) is 18.4. The van der Waals surface area contributed by atoms with Crippen molar-refractivity contribution in [2.45, 2.75) is 57.0 Å². The molecule has 2 atom stereocenters. The van der Waals surface area contributed by atoms with Crippen molar-refractivity contribution in [2.75, 3.05) is 13.6 Å². The molecule has 0 bridgehead atoms. The number of carbonyl (C=O) groups is 1. The van der Waals surface area contributed by atoms with E-state index in [2.05, 4.69) is 52.7 Å². The van der Waals surface area contributed by atoms with E-state index in [1.165, 1.54) is 53.3 Å². The van der Waals surface area contributed by atoms with Crippen LogP contribution in [-0.2, 0) is 11.2 Å². The highest BCUT2D eigenvalue weighted by molar-refractivity contribution is 5.99. The summed E-state index contributed by atoms with van der Waals surface area (Å²) in [6, 6.07) is 7.23. The minimum absolute atomic E-state index is 0.0553. The van der Waals surface area contributed by atoms with E-state index in [1.807, 2.05) is 0 Å². The number of aromatic amines is 1. The monoisotopic (exact) mass is 363 g/mol. The van der Waals surface area contributed by atoms with Crippen LogP contribution >= 0.6 is 0 Å². The van der Waals surface area contributed by atoms with Gasteiger partial charge in [0.25, 0.3) is 0 Å². The SMILES string of the molecule is CN1C[C@H](C(=O)NC2CCCCCC2)C=C2c3cccc4[nH]cc(c34)CC21. The molecule has 4 heteroatoms. The molecule has 0 radical (unpaired) electrons. The van der Waals surface area contributed by atoms with Crippen LogP contribution in [0.3, 0.4) is 0 Å². The van der Waals surface area contributed by atoms with Crippen molar-refractivity contribution in [1.29, 1.82) is 0 Å². The van der Waals surface area contributed by atoms with Gasteiger partial charge in [0.1, 0.15) is 0 Å². The first-order chi connectivity index (χ1) is 13.2. The van der Waals surface area contributed by atoms with E-state index in [9.17, 15) is 4.79 Å². The van der Waals surface area contributed by atoms with Gasteiger partial charge in [-0.3, -0.25) is 9.69 Å². The number of nitrogens with one attached hydrogen (secondary N) is 2. The van der Waals surface area contributed by atoms with Gasteiger partial charge in [0.2, 0.25) is 5.91 Å². The third-order valence-corrected chi connectivity index (χ3v) is 6.81. The van der Waals surface area contributed by atoms with Crippen molar-refractivity contribution in [3.8, 4) is 0 Å². The molecular formula is C23H29N3O. The van der Waals surface area contributed by atoms with Gasteiger partial charge in [0.15, 0.2) is 0 Å². The molecule has 2 N–H and O–H groups in total. The molecule has 4 nitrogen and oxygen atoms in total. The molecule has 1 amide bonds. The standard InChI is InChI=1S/C23H29N3O/c1-26-14-16(23(27)25-17-7-4-2-3-5-8-17)11-19-18-9-6-10-20-22(18)15(13-24-20)12-21(19)26/h6,9-11,13,16-17,21,24H,2-5,7-8,12,14H2,1H3,(H,25,27)/t16-,21?/m1/s1. The smallest absolute Gasteiger partial charge is 0.228 e. The lowest BCUT2D eigenvalue weighted by Gasteiger charge is -2.39. The molecule has 0 spiro atoms. The highest BCUT2D eigenvalue weighted by Gasteiger charge is 2.36. The second-order valence-electron chi connectivity index (χ2n) is 8.63. The van der Waals surface area contributed by atoms with Crippen LogP contribution < -0.4 is 5.32 Å². The van der Waals surface area contributed by atoms with Crippen LogP contribution in [-0.4, -0.2) is 41.5 Å². The molecule has 1 aliphatic heterocycles. The summed E-state index contributed by atoms with van der Waals surface area (Å²) in [5, 5.41) is 4.71. The predicted octanol–water partition coefficient (Wildman–Crippen LogP) is 3.88. The van der Waals surface area contributed by atoms with E-state index in [-0.39, 0.29) is 11.8 Å². The minimum Gasteiger partial charge on any atom is -0.361 e. The second kappa shape index (κ2) is 6.83. The molecule has 142 valence electrons. The summed E-state index contributed by atoms with van der Waals surface area (Å²) in [5.41, 5.74) is 5.24. The van der Waals surface area contributed by atoms with Crippen molar-refractivity contribution >= 4 is 22.4 Å². The van der Waals surface area contributed by atoms with Crippen LogP contribution in [0.25, 0.3) is 16.5 Å². The van der Waals surface area contributed by atoms with E-state index < -0.39 is 0 Å². The summed E-state index contributed by atoms with van der Waals surface area (Å²) < 4.78 is 0. The highest BCUT2D eigenvalue weighted by Crippen LogP contribution is 2.40. The fourth-order valence-electron chi connectivity index (χ4n) is 5.35. The van der Waals surface area contributed by atoms with Crippen molar-refractivity contribution < 1.29 is 4.79 Å². The molecule has 1 aromatic carbocycles. The van der Waals surface area contributed by atoms with E-state index in [0.29, 0.717) is 12.1 Å². The molecule has 2 aromatic rings. The first kappa shape index (κ1) is 17.1. The van der Waals surface area contributed by atoms with Crippen LogP contribution in [0.15, 0.2) is 30.5 Å². The summed E-state index contributed by atoms with van der Waals surface area (Å²) in [6.07, 6.45) is 12.8. The second-order valence-corrected chi connectivity index (χ2v) is 8.63. The highest BCUT2D eigenvalue weighted by atomic mass is 16.2. The Morgan fingerprint density at radius 2 is 2.00 bits per heavy atom. The first-order valence-electron chi connectivity index (χ1n) is 10.5. The fourth-order valence-corrected chi connectivity index (χ4v) is 5.35. The number of benzene rings is 1. The number of hydrogen-bond donors (Lipinski definition) is 2. The van der Waals surface area contributed by atoms with Gasteiger partial charge in [0.05, 0.1) is 5.92 Å². The van der Waals surface area contributed by atoms with E-state index in [0.717, 1.165) is 25.8 Å². The Kier molecular flexibility index (Phi) is 4.31. The maximum Gasteiger partial charge on any atom is 0.228 e. The van der Waals surface area contributed by atoms with Gasteiger partial charge in [-0.15, -0.1) is 0 Å². The topological polar surface area (TPSA) is 48.1 Å². The number of amides is 1. The Morgan fingerprint density at radius 3 is 2.81 bits per heavy atom. The largest absolute Gasteiger partial charge is 0.361 e. The molecule has 2 aliphatic carbocycles. The molecule has 1 saturated carbocycles. The maximum absolute atomic E-state index is 13.0. The molecule has 27 heavy (non-hydrogen) atoms. The number of rotatable bonds is 2. The molecule has 5 rings (SSSR count). The Balaban J connectivity index is 1.44. The number of carbonyl (C=O) groups excluding carboxylic acids is 1. The molecule has 1 aromatic heterocycles. The lowest BCUT2D eigenvalue weighted by Crippen LogP contribution is -2.48. The number of likely N-dealkylation sites (N-methyl/N-ethyl adjacent to an activating group) is 1. The number of hydrogen-bond acceptors (Lipinski definition) is 2. The van der Waals surface area contributed by atoms with Crippen molar-refractivity contribution in [3.05, 3.63) is 41.6 Å². The average molecular weight is 364 g/mol. The Morgan fingerprint density at radius 1 is 1.19 bits per heavy atom. The van der Waals surface area contributed by atoms with Crippen LogP contribution in [0.2, 0.25) is 0 Å². The van der Waals surface area contributed by atoms with Gasteiger partial charge in [0, 0.05) is 35.7 Å². The van der Waals surface area contributed by atoms with Gasteiger partial charge in [-0.2, -0.15) is 0 Å². The number of aromatic nitrogens is 1. The van der Waals surface area contributed by atoms with Crippen molar-refractivity contribution in [1.82, 2.24) is 15.2 Å². The maximum atomic E-state index is 13.0. The fraction of sp³-hybridized carbons (Fsp3) is 0.522. The molecular weight excluding hydrogens is 334 g/mol. The average Bonchev–Trinajstić information content (AvgIpc) is 2.92. The Bertz CT molecular complexity index is 888. The summed E-state index contributed by atoms with van der Waals surface area (Å²) in [6.45, 7) is 0.808. The zero-order valence-corrected chi connectivity index (χ0v) is 16.1. The zero-order valence-electron chi connectivity index (χ0n) is 16.1. The quantitative estimate of drug-likeness (QED) is 0.796.